The maximum Gasteiger partial charge on any atom is 0.253 e. The minimum Gasteiger partial charge on any atom is -0.352 e. The Balaban J connectivity index is 2.26. The number of carbonyl (C=O) groups is 1. The van der Waals surface area contributed by atoms with Gasteiger partial charge in [-0.25, -0.2) is 0 Å². The molecule has 0 radical (unpaired) electrons. The van der Waals surface area contributed by atoms with Crippen molar-refractivity contribution < 1.29 is 4.79 Å². The molecular weight excluding hydrogens is 214 g/mol. The number of amides is 1. The van der Waals surface area contributed by atoms with E-state index in [9.17, 15) is 4.79 Å². The number of nitrogens with zero attached hydrogens (tertiary/aromatic N) is 1. The van der Waals surface area contributed by atoms with Gasteiger partial charge in [0.1, 0.15) is 0 Å². The number of fused-ring (bicyclic) bond motifs is 1. The zero-order valence-electron chi connectivity index (χ0n) is 9.52. The third-order valence-electron chi connectivity index (χ3n) is 2.54. The normalized spacial score (nSPS) is 10.4. The van der Waals surface area contributed by atoms with E-state index in [1.165, 1.54) is 0 Å². The first-order valence-corrected chi connectivity index (χ1v) is 5.65. The zero-order valence-corrected chi connectivity index (χ0v) is 9.52. The number of benzene rings is 1. The second kappa shape index (κ2) is 5.41. The zero-order chi connectivity index (χ0) is 12.1. The smallest absolute Gasteiger partial charge is 0.253 e. The lowest BCUT2D eigenvalue weighted by atomic mass is 10.1. The van der Waals surface area contributed by atoms with E-state index in [2.05, 4.69) is 10.3 Å². The van der Waals surface area contributed by atoms with E-state index in [1.54, 1.807) is 12.3 Å². The number of carbonyl (C=O) groups excluding carboxylic acids is 1. The highest BCUT2D eigenvalue weighted by Crippen LogP contribution is 2.15. The first-order chi connectivity index (χ1) is 8.33. The summed E-state index contributed by atoms with van der Waals surface area (Å²) in [6.07, 6.45) is 2.48. The lowest BCUT2D eigenvalue weighted by molar-refractivity contribution is 0.0955. The Bertz CT molecular complexity index is 520. The van der Waals surface area contributed by atoms with Gasteiger partial charge in [0.25, 0.3) is 5.91 Å². The van der Waals surface area contributed by atoms with Gasteiger partial charge in [0.15, 0.2) is 0 Å². The van der Waals surface area contributed by atoms with Crippen molar-refractivity contribution in [3.05, 3.63) is 42.1 Å². The molecule has 0 saturated carbocycles. The van der Waals surface area contributed by atoms with Crippen LogP contribution in [0.2, 0.25) is 0 Å². The van der Waals surface area contributed by atoms with Crippen LogP contribution in [0.3, 0.4) is 0 Å². The summed E-state index contributed by atoms with van der Waals surface area (Å²) in [5.74, 6) is -0.0947. The van der Waals surface area contributed by atoms with Crippen molar-refractivity contribution in [2.75, 3.05) is 13.1 Å². The molecule has 3 N–H and O–H groups in total. The predicted octanol–water partition coefficient (Wildman–Crippen LogP) is 1.31. The minimum absolute atomic E-state index is 0.0947. The van der Waals surface area contributed by atoms with E-state index >= 15 is 0 Å². The molecule has 0 aliphatic rings. The summed E-state index contributed by atoms with van der Waals surface area (Å²) in [5.41, 5.74) is 6.73. The number of para-hydroxylation sites is 1. The van der Waals surface area contributed by atoms with Gasteiger partial charge < -0.3 is 11.1 Å². The average molecular weight is 229 g/mol. The van der Waals surface area contributed by atoms with Crippen molar-refractivity contribution >= 4 is 16.8 Å². The molecule has 0 bridgehead atoms. The second-order valence-electron chi connectivity index (χ2n) is 3.78. The van der Waals surface area contributed by atoms with Crippen LogP contribution in [0, 0.1) is 0 Å². The van der Waals surface area contributed by atoms with Gasteiger partial charge in [-0.15, -0.1) is 0 Å². The van der Waals surface area contributed by atoms with Gasteiger partial charge in [-0.1, -0.05) is 18.2 Å². The van der Waals surface area contributed by atoms with E-state index in [0.29, 0.717) is 18.7 Å². The van der Waals surface area contributed by atoms with Crippen molar-refractivity contribution in [3.8, 4) is 0 Å². The summed E-state index contributed by atoms with van der Waals surface area (Å²) in [6, 6.07) is 9.39. The topological polar surface area (TPSA) is 68.0 Å². The standard InChI is InChI=1S/C13H15N3O/c14-7-3-9-16-13(17)11-6-1-4-10-5-2-8-15-12(10)11/h1-2,4-6,8H,3,7,9,14H2,(H,16,17). The molecule has 2 aromatic rings. The fourth-order valence-electron chi connectivity index (χ4n) is 1.69. The summed E-state index contributed by atoms with van der Waals surface area (Å²) in [4.78, 5) is 16.2. The molecule has 0 atom stereocenters. The minimum atomic E-state index is -0.0947. The third kappa shape index (κ3) is 2.60. The van der Waals surface area contributed by atoms with Gasteiger partial charge in [0, 0.05) is 18.1 Å². The molecule has 1 aromatic heterocycles. The Morgan fingerprint density at radius 2 is 2.12 bits per heavy atom. The molecule has 0 spiro atoms. The van der Waals surface area contributed by atoms with Crippen LogP contribution in [0.25, 0.3) is 10.9 Å². The summed E-state index contributed by atoms with van der Waals surface area (Å²) < 4.78 is 0. The highest BCUT2D eigenvalue weighted by molar-refractivity contribution is 6.05. The molecule has 4 nitrogen and oxygen atoms in total. The third-order valence-corrected chi connectivity index (χ3v) is 2.54. The van der Waals surface area contributed by atoms with Crippen LogP contribution in [0.15, 0.2) is 36.5 Å². The van der Waals surface area contributed by atoms with Crippen LogP contribution >= 0.6 is 0 Å². The van der Waals surface area contributed by atoms with Gasteiger partial charge in [0.05, 0.1) is 11.1 Å². The molecule has 1 heterocycles. The number of hydrogen-bond acceptors (Lipinski definition) is 3. The van der Waals surface area contributed by atoms with E-state index in [0.717, 1.165) is 17.3 Å². The van der Waals surface area contributed by atoms with Crippen molar-refractivity contribution in [2.45, 2.75) is 6.42 Å². The Morgan fingerprint density at radius 3 is 2.94 bits per heavy atom. The Morgan fingerprint density at radius 1 is 1.29 bits per heavy atom. The van der Waals surface area contributed by atoms with Crippen LogP contribution in [-0.2, 0) is 0 Å². The summed E-state index contributed by atoms with van der Waals surface area (Å²) in [5, 5.41) is 3.80. The maximum absolute atomic E-state index is 11.9. The lowest BCUT2D eigenvalue weighted by Gasteiger charge is -2.06. The summed E-state index contributed by atoms with van der Waals surface area (Å²) in [6.45, 7) is 1.17. The predicted molar refractivity (Wildman–Crippen MR) is 67.7 cm³/mol. The monoisotopic (exact) mass is 229 g/mol. The second-order valence-corrected chi connectivity index (χ2v) is 3.78. The molecule has 2 rings (SSSR count). The first-order valence-electron chi connectivity index (χ1n) is 5.65. The number of pyridine rings is 1. The van der Waals surface area contributed by atoms with Crippen LogP contribution in [-0.4, -0.2) is 24.0 Å². The Kier molecular flexibility index (Phi) is 3.67. The maximum atomic E-state index is 11.9. The Hall–Kier alpha value is -1.94. The fraction of sp³-hybridized carbons (Fsp3) is 0.231. The van der Waals surface area contributed by atoms with Crippen molar-refractivity contribution in [1.29, 1.82) is 0 Å². The number of hydrogen-bond donors (Lipinski definition) is 2. The summed E-state index contributed by atoms with van der Waals surface area (Å²) >= 11 is 0. The molecule has 0 saturated heterocycles. The van der Waals surface area contributed by atoms with Crippen LogP contribution < -0.4 is 11.1 Å². The van der Waals surface area contributed by atoms with Gasteiger partial charge in [0.2, 0.25) is 0 Å². The van der Waals surface area contributed by atoms with Gasteiger partial charge in [-0.3, -0.25) is 9.78 Å². The molecule has 0 fully saturated rings. The molecule has 17 heavy (non-hydrogen) atoms. The van der Waals surface area contributed by atoms with Gasteiger partial charge in [-0.2, -0.15) is 0 Å². The molecule has 0 aliphatic carbocycles. The number of nitrogens with two attached hydrogens (primary N) is 1. The highest BCUT2D eigenvalue weighted by Gasteiger charge is 2.09. The quantitative estimate of drug-likeness (QED) is 0.777. The van der Waals surface area contributed by atoms with Crippen molar-refractivity contribution in [3.63, 3.8) is 0 Å². The number of nitrogens with one attached hydrogen (secondary N) is 1. The van der Waals surface area contributed by atoms with E-state index in [1.807, 2.05) is 24.3 Å². The van der Waals surface area contributed by atoms with E-state index in [-0.39, 0.29) is 5.91 Å². The molecule has 88 valence electrons. The van der Waals surface area contributed by atoms with Crippen LogP contribution in [0.5, 0.6) is 0 Å². The molecule has 0 unspecified atom stereocenters. The lowest BCUT2D eigenvalue weighted by Crippen LogP contribution is -2.26. The van der Waals surface area contributed by atoms with Crippen LogP contribution in [0.4, 0.5) is 0 Å². The number of rotatable bonds is 4. The van der Waals surface area contributed by atoms with E-state index < -0.39 is 0 Å². The first kappa shape index (κ1) is 11.5. The highest BCUT2D eigenvalue weighted by atomic mass is 16.1. The molecule has 1 aromatic carbocycles. The molecule has 0 aliphatic heterocycles. The van der Waals surface area contributed by atoms with Gasteiger partial charge in [-0.05, 0) is 25.1 Å². The molecular formula is C13H15N3O. The molecule has 1 amide bonds. The van der Waals surface area contributed by atoms with Crippen LogP contribution in [0.1, 0.15) is 16.8 Å². The van der Waals surface area contributed by atoms with Crippen molar-refractivity contribution in [2.24, 2.45) is 5.73 Å². The van der Waals surface area contributed by atoms with E-state index in [4.69, 9.17) is 5.73 Å². The van der Waals surface area contributed by atoms with Gasteiger partial charge >= 0.3 is 0 Å². The average Bonchev–Trinajstić information content (AvgIpc) is 2.38. The Labute approximate surface area is 99.8 Å². The SMILES string of the molecule is NCCCNC(=O)c1cccc2cccnc12. The van der Waals surface area contributed by atoms with Crippen molar-refractivity contribution in [1.82, 2.24) is 10.3 Å². The largest absolute Gasteiger partial charge is 0.352 e. The molecule has 4 heteroatoms. The number of aromatic nitrogens is 1. The fourth-order valence-corrected chi connectivity index (χ4v) is 1.69. The summed E-state index contributed by atoms with van der Waals surface area (Å²) in [7, 11) is 0.